The van der Waals surface area contributed by atoms with Crippen LogP contribution in [-0.2, 0) is 6.54 Å². The minimum absolute atomic E-state index is 0.158. The fourth-order valence-electron chi connectivity index (χ4n) is 1.55. The van der Waals surface area contributed by atoms with Gasteiger partial charge in [0.1, 0.15) is 5.84 Å². The summed E-state index contributed by atoms with van der Waals surface area (Å²) < 4.78 is 0. The van der Waals surface area contributed by atoms with Crippen LogP contribution in [0.4, 0.5) is 0 Å². The summed E-state index contributed by atoms with van der Waals surface area (Å²) in [7, 11) is 0. The Morgan fingerprint density at radius 2 is 1.53 bits per heavy atom. The van der Waals surface area contributed by atoms with Crippen molar-refractivity contribution in [1.82, 2.24) is 0 Å². The van der Waals surface area contributed by atoms with Crippen LogP contribution >= 0.6 is 11.6 Å². The van der Waals surface area contributed by atoms with Gasteiger partial charge in [-0.3, -0.25) is 4.99 Å². The van der Waals surface area contributed by atoms with E-state index in [1.165, 1.54) is 0 Å². The lowest BCUT2D eigenvalue weighted by Gasteiger charge is -1.99. The highest BCUT2D eigenvalue weighted by Crippen LogP contribution is 2.03. The standard InChI is InChI=1S/C15H14ClN3/c16-15(18-11-12-7-3-1-4-8-12)19-14(17)13-9-5-2-6-10-13/h1-10H,11H2,(H2,17,18,19). The van der Waals surface area contributed by atoms with Gasteiger partial charge in [0, 0.05) is 5.56 Å². The monoisotopic (exact) mass is 271 g/mol. The molecule has 0 atom stereocenters. The van der Waals surface area contributed by atoms with Gasteiger partial charge in [0.2, 0.25) is 5.29 Å². The van der Waals surface area contributed by atoms with Crippen molar-refractivity contribution in [2.24, 2.45) is 15.7 Å². The Hall–Kier alpha value is -2.13. The molecular weight excluding hydrogens is 258 g/mol. The third-order valence-electron chi connectivity index (χ3n) is 2.52. The molecule has 0 aliphatic rings. The lowest BCUT2D eigenvalue weighted by molar-refractivity contribution is 1.07. The lowest BCUT2D eigenvalue weighted by atomic mass is 10.2. The molecule has 0 aliphatic heterocycles. The first kappa shape index (κ1) is 13.3. The van der Waals surface area contributed by atoms with Gasteiger partial charge in [-0.15, -0.1) is 0 Å². The fourth-order valence-corrected chi connectivity index (χ4v) is 1.70. The van der Waals surface area contributed by atoms with Crippen molar-refractivity contribution in [3.63, 3.8) is 0 Å². The predicted molar refractivity (Wildman–Crippen MR) is 80.6 cm³/mol. The zero-order valence-electron chi connectivity index (χ0n) is 10.3. The van der Waals surface area contributed by atoms with Gasteiger partial charge in [-0.05, 0) is 17.2 Å². The van der Waals surface area contributed by atoms with E-state index in [1.54, 1.807) is 0 Å². The number of aliphatic imine (C=N–C) groups is 2. The van der Waals surface area contributed by atoms with Gasteiger partial charge in [-0.1, -0.05) is 60.7 Å². The highest BCUT2D eigenvalue weighted by molar-refractivity contribution is 6.65. The topological polar surface area (TPSA) is 50.7 Å². The minimum Gasteiger partial charge on any atom is -0.383 e. The maximum Gasteiger partial charge on any atom is 0.220 e. The van der Waals surface area contributed by atoms with E-state index in [-0.39, 0.29) is 5.29 Å². The molecule has 0 heterocycles. The third-order valence-corrected chi connectivity index (χ3v) is 2.72. The average Bonchev–Trinajstić information content (AvgIpc) is 2.47. The number of halogens is 1. The Kier molecular flexibility index (Phi) is 4.70. The first-order chi connectivity index (χ1) is 9.25. The van der Waals surface area contributed by atoms with Crippen molar-refractivity contribution in [3.05, 3.63) is 71.8 Å². The summed E-state index contributed by atoms with van der Waals surface area (Å²) in [4.78, 5) is 8.25. The maximum atomic E-state index is 5.96. The number of nitrogens with two attached hydrogens (primary N) is 1. The highest BCUT2D eigenvalue weighted by Gasteiger charge is 1.98. The Balaban J connectivity index is 2.06. The fraction of sp³-hybridized carbons (Fsp3) is 0.0667. The quantitative estimate of drug-likeness (QED) is 0.520. The predicted octanol–water partition coefficient (Wildman–Crippen LogP) is 3.19. The van der Waals surface area contributed by atoms with Crippen molar-refractivity contribution < 1.29 is 0 Å². The molecule has 0 saturated heterocycles. The Labute approximate surface area is 117 Å². The molecule has 0 aliphatic carbocycles. The van der Waals surface area contributed by atoms with Gasteiger partial charge in [0.15, 0.2) is 0 Å². The Morgan fingerprint density at radius 1 is 0.947 bits per heavy atom. The first-order valence-electron chi connectivity index (χ1n) is 5.89. The van der Waals surface area contributed by atoms with E-state index < -0.39 is 0 Å². The minimum atomic E-state index is 0.158. The molecule has 2 aromatic carbocycles. The second-order valence-corrected chi connectivity index (χ2v) is 4.27. The zero-order chi connectivity index (χ0) is 13.5. The largest absolute Gasteiger partial charge is 0.383 e. The molecule has 2 rings (SSSR count). The lowest BCUT2D eigenvalue weighted by Crippen LogP contribution is -2.14. The third kappa shape index (κ3) is 4.23. The van der Waals surface area contributed by atoms with Crippen molar-refractivity contribution in [3.8, 4) is 0 Å². The van der Waals surface area contributed by atoms with Crippen LogP contribution in [-0.4, -0.2) is 11.1 Å². The molecule has 2 N–H and O–H groups in total. The second kappa shape index (κ2) is 6.71. The average molecular weight is 272 g/mol. The van der Waals surface area contributed by atoms with Crippen LogP contribution in [0.5, 0.6) is 0 Å². The van der Waals surface area contributed by atoms with E-state index in [1.807, 2.05) is 60.7 Å². The molecule has 19 heavy (non-hydrogen) atoms. The molecular formula is C15H14ClN3. The van der Waals surface area contributed by atoms with Crippen LogP contribution in [0.1, 0.15) is 11.1 Å². The summed E-state index contributed by atoms with van der Waals surface area (Å²) >= 11 is 5.96. The summed E-state index contributed by atoms with van der Waals surface area (Å²) in [5.74, 6) is 0.363. The molecule has 0 bridgehead atoms. The van der Waals surface area contributed by atoms with Crippen molar-refractivity contribution >= 4 is 22.7 Å². The molecule has 0 radical (unpaired) electrons. The van der Waals surface area contributed by atoms with Crippen LogP contribution in [0, 0.1) is 0 Å². The molecule has 0 aromatic heterocycles. The van der Waals surface area contributed by atoms with Gasteiger partial charge in [-0.2, -0.15) is 0 Å². The Bertz CT molecular complexity index is 577. The summed E-state index contributed by atoms with van der Waals surface area (Å²) in [6.07, 6.45) is 0. The van der Waals surface area contributed by atoms with Crippen LogP contribution in [0.15, 0.2) is 70.6 Å². The smallest absolute Gasteiger partial charge is 0.220 e. The first-order valence-corrected chi connectivity index (χ1v) is 6.27. The number of benzene rings is 2. The van der Waals surface area contributed by atoms with E-state index in [2.05, 4.69) is 9.98 Å². The summed E-state index contributed by atoms with van der Waals surface area (Å²) in [6, 6.07) is 19.3. The molecule has 0 saturated carbocycles. The normalized spacial score (nSPS) is 12.5. The van der Waals surface area contributed by atoms with Gasteiger partial charge in [0.05, 0.1) is 6.54 Å². The van der Waals surface area contributed by atoms with Crippen LogP contribution in [0.25, 0.3) is 0 Å². The van der Waals surface area contributed by atoms with E-state index in [0.717, 1.165) is 11.1 Å². The maximum absolute atomic E-state index is 5.96. The number of amidine groups is 2. The number of rotatable bonds is 3. The SMILES string of the molecule is NC(=NC(Cl)=NCc1ccccc1)c1ccccc1. The van der Waals surface area contributed by atoms with E-state index >= 15 is 0 Å². The molecule has 0 fully saturated rings. The van der Waals surface area contributed by atoms with E-state index in [9.17, 15) is 0 Å². The molecule has 0 unspecified atom stereocenters. The number of nitrogens with zero attached hydrogens (tertiary/aromatic N) is 2. The van der Waals surface area contributed by atoms with Crippen LogP contribution in [0.2, 0.25) is 0 Å². The number of hydrogen-bond acceptors (Lipinski definition) is 1. The van der Waals surface area contributed by atoms with Gasteiger partial charge < -0.3 is 5.73 Å². The van der Waals surface area contributed by atoms with E-state index in [0.29, 0.717) is 12.4 Å². The van der Waals surface area contributed by atoms with E-state index in [4.69, 9.17) is 17.3 Å². The number of hydrogen-bond donors (Lipinski definition) is 1. The summed E-state index contributed by atoms with van der Waals surface area (Å²) in [5.41, 5.74) is 7.76. The van der Waals surface area contributed by atoms with Crippen LogP contribution < -0.4 is 5.73 Å². The zero-order valence-corrected chi connectivity index (χ0v) is 11.1. The van der Waals surface area contributed by atoms with Gasteiger partial charge in [-0.25, -0.2) is 4.99 Å². The molecule has 2 aromatic rings. The molecule has 0 amide bonds. The second-order valence-electron chi connectivity index (χ2n) is 3.93. The van der Waals surface area contributed by atoms with Gasteiger partial charge >= 0.3 is 0 Å². The Morgan fingerprint density at radius 3 is 2.16 bits per heavy atom. The summed E-state index contributed by atoms with van der Waals surface area (Å²) in [5, 5.41) is 0.158. The van der Waals surface area contributed by atoms with Crippen molar-refractivity contribution in [2.45, 2.75) is 6.54 Å². The molecule has 96 valence electrons. The van der Waals surface area contributed by atoms with Crippen LogP contribution in [0.3, 0.4) is 0 Å². The molecule has 4 heteroatoms. The van der Waals surface area contributed by atoms with Crippen molar-refractivity contribution in [1.29, 1.82) is 0 Å². The van der Waals surface area contributed by atoms with Crippen molar-refractivity contribution in [2.75, 3.05) is 0 Å². The summed E-state index contributed by atoms with van der Waals surface area (Å²) in [6.45, 7) is 0.491. The van der Waals surface area contributed by atoms with Gasteiger partial charge in [0.25, 0.3) is 0 Å². The molecule has 3 nitrogen and oxygen atoms in total. The molecule has 0 spiro atoms. The highest BCUT2D eigenvalue weighted by atomic mass is 35.5.